The minimum Gasteiger partial charge on any atom is -0.480 e. The van der Waals surface area contributed by atoms with Crippen molar-refractivity contribution >= 4 is 11.9 Å². The van der Waals surface area contributed by atoms with E-state index in [0.717, 1.165) is 5.56 Å². The lowest BCUT2D eigenvalue weighted by Crippen LogP contribution is -2.70. The van der Waals surface area contributed by atoms with Gasteiger partial charge in [-0.15, -0.1) is 0 Å². The number of benzene rings is 1. The summed E-state index contributed by atoms with van der Waals surface area (Å²) < 4.78 is 14.2. The molecule has 3 fully saturated rings. The molecule has 3 aliphatic rings. The van der Waals surface area contributed by atoms with E-state index in [-0.39, 0.29) is 25.9 Å². The molecule has 1 saturated carbocycles. The predicted molar refractivity (Wildman–Crippen MR) is 65.0 cm³/mol. The molecule has 2 heterocycles. The zero-order valence-corrected chi connectivity index (χ0v) is 10.3. The molecule has 0 aromatic heterocycles. The van der Waals surface area contributed by atoms with E-state index in [4.69, 9.17) is 0 Å². The highest BCUT2D eigenvalue weighted by Crippen LogP contribution is 2.56. The van der Waals surface area contributed by atoms with E-state index >= 15 is 0 Å². The van der Waals surface area contributed by atoms with Crippen LogP contribution in [-0.2, 0) is 16.1 Å². The van der Waals surface area contributed by atoms with E-state index in [1.807, 2.05) is 30.3 Å². The summed E-state index contributed by atoms with van der Waals surface area (Å²) in [4.78, 5) is 24.8. The molecule has 100 valence electrons. The molecular weight excluding hydrogens is 249 g/mol. The monoisotopic (exact) mass is 263 g/mol. The number of halogens is 1. The number of fused-ring (bicyclic) bond motifs is 2. The van der Waals surface area contributed by atoms with Gasteiger partial charge in [0.15, 0.2) is 5.41 Å². The van der Waals surface area contributed by atoms with Gasteiger partial charge in [0, 0.05) is 19.4 Å². The second kappa shape index (κ2) is 3.79. The Kier molecular flexibility index (Phi) is 2.42. The van der Waals surface area contributed by atoms with Crippen LogP contribution in [0.25, 0.3) is 0 Å². The number of carbonyl (C=O) groups excluding carboxylic acids is 1. The maximum atomic E-state index is 14.2. The molecule has 0 atom stereocenters. The van der Waals surface area contributed by atoms with Gasteiger partial charge in [-0.05, 0) is 5.56 Å². The number of nitrogens with zero attached hydrogens (tertiary/aromatic N) is 1. The molecule has 1 aromatic rings. The molecule has 0 radical (unpaired) electrons. The number of carboxylic acid groups (broad SMARTS) is 1. The minimum absolute atomic E-state index is 0.00421. The van der Waals surface area contributed by atoms with Crippen molar-refractivity contribution in [2.45, 2.75) is 25.1 Å². The topological polar surface area (TPSA) is 57.6 Å². The van der Waals surface area contributed by atoms with Gasteiger partial charge in [0.1, 0.15) is 5.67 Å². The van der Waals surface area contributed by atoms with Crippen molar-refractivity contribution in [3.8, 4) is 0 Å². The van der Waals surface area contributed by atoms with E-state index in [9.17, 15) is 19.1 Å². The van der Waals surface area contributed by atoms with Crippen LogP contribution >= 0.6 is 0 Å². The molecule has 4 nitrogen and oxygen atoms in total. The number of amides is 1. The Labute approximate surface area is 109 Å². The maximum Gasteiger partial charge on any atom is 0.319 e. The van der Waals surface area contributed by atoms with Crippen LogP contribution in [0.15, 0.2) is 30.3 Å². The Hall–Kier alpha value is -1.91. The highest BCUT2D eigenvalue weighted by molar-refractivity contribution is 6.04. The molecule has 2 saturated heterocycles. The minimum atomic E-state index is -1.53. The quantitative estimate of drug-likeness (QED) is 0.843. The first kappa shape index (κ1) is 12.1. The average Bonchev–Trinajstić information content (AvgIpc) is 2.33. The third-order valence-corrected chi connectivity index (χ3v) is 4.03. The number of hydrogen-bond donors (Lipinski definition) is 1. The van der Waals surface area contributed by atoms with E-state index in [2.05, 4.69) is 0 Å². The molecule has 19 heavy (non-hydrogen) atoms. The van der Waals surface area contributed by atoms with Gasteiger partial charge in [-0.2, -0.15) is 0 Å². The molecule has 2 aliphatic heterocycles. The van der Waals surface area contributed by atoms with Crippen molar-refractivity contribution in [1.82, 2.24) is 4.90 Å². The molecule has 0 spiro atoms. The fourth-order valence-electron chi connectivity index (χ4n) is 3.18. The van der Waals surface area contributed by atoms with Gasteiger partial charge in [0.2, 0.25) is 5.91 Å². The third kappa shape index (κ3) is 1.72. The predicted octanol–water partition coefficient (Wildman–Crippen LogP) is 1.60. The van der Waals surface area contributed by atoms with Crippen LogP contribution in [0.4, 0.5) is 4.39 Å². The summed E-state index contributed by atoms with van der Waals surface area (Å²) >= 11 is 0. The molecule has 1 N–H and O–H groups in total. The van der Waals surface area contributed by atoms with E-state index in [0.29, 0.717) is 0 Å². The fraction of sp³-hybridized carbons (Fsp3) is 0.429. The zero-order chi connectivity index (χ0) is 13.7. The second-order valence-electron chi connectivity index (χ2n) is 5.54. The lowest BCUT2D eigenvalue weighted by Gasteiger charge is -2.55. The van der Waals surface area contributed by atoms with Gasteiger partial charge < -0.3 is 10.0 Å². The molecule has 0 unspecified atom stereocenters. The van der Waals surface area contributed by atoms with Gasteiger partial charge in [-0.1, -0.05) is 30.3 Å². The Morgan fingerprint density at radius 3 is 2.53 bits per heavy atom. The normalized spacial score (nSPS) is 32.9. The summed E-state index contributed by atoms with van der Waals surface area (Å²) in [5, 5.41) is 9.19. The van der Waals surface area contributed by atoms with Crippen LogP contribution in [0.3, 0.4) is 0 Å². The van der Waals surface area contributed by atoms with Crippen molar-refractivity contribution in [2.75, 3.05) is 6.54 Å². The van der Waals surface area contributed by atoms with Crippen LogP contribution < -0.4 is 0 Å². The first-order valence-corrected chi connectivity index (χ1v) is 6.21. The first-order valence-electron chi connectivity index (χ1n) is 6.21. The Bertz CT molecular complexity index is 537. The van der Waals surface area contributed by atoms with Crippen LogP contribution in [-0.4, -0.2) is 34.1 Å². The number of hydrogen-bond acceptors (Lipinski definition) is 2. The van der Waals surface area contributed by atoms with E-state index < -0.39 is 23.0 Å². The highest BCUT2D eigenvalue weighted by atomic mass is 19.1. The smallest absolute Gasteiger partial charge is 0.319 e. The van der Waals surface area contributed by atoms with E-state index in [1.54, 1.807) is 0 Å². The van der Waals surface area contributed by atoms with Crippen molar-refractivity contribution in [1.29, 1.82) is 0 Å². The number of rotatable bonds is 3. The molecule has 1 aromatic carbocycles. The maximum absolute atomic E-state index is 14.2. The fourth-order valence-corrected chi connectivity index (χ4v) is 3.18. The summed E-state index contributed by atoms with van der Waals surface area (Å²) in [5.74, 6) is -1.66. The largest absolute Gasteiger partial charge is 0.480 e. The zero-order valence-electron chi connectivity index (χ0n) is 10.3. The van der Waals surface area contributed by atoms with Crippen LogP contribution in [0, 0.1) is 5.41 Å². The number of carboxylic acids is 1. The summed E-state index contributed by atoms with van der Waals surface area (Å²) in [6, 6.07) is 9.21. The van der Waals surface area contributed by atoms with Gasteiger partial charge >= 0.3 is 5.97 Å². The third-order valence-electron chi connectivity index (χ3n) is 4.03. The Morgan fingerprint density at radius 2 is 1.95 bits per heavy atom. The molecule has 2 bridgehead atoms. The molecule has 4 rings (SSSR count). The summed E-state index contributed by atoms with van der Waals surface area (Å²) in [6.07, 6.45) is -0.362. The number of piperidine rings is 2. The molecular formula is C14H14FNO3. The van der Waals surface area contributed by atoms with E-state index in [1.165, 1.54) is 4.90 Å². The van der Waals surface area contributed by atoms with Crippen molar-refractivity contribution in [2.24, 2.45) is 5.41 Å². The van der Waals surface area contributed by atoms with Gasteiger partial charge in [0.25, 0.3) is 0 Å². The summed E-state index contributed by atoms with van der Waals surface area (Å²) in [6.45, 7) is 0.260. The number of carbonyl (C=O) groups is 2. The van der Waals surface area contributed by atoms with Crippen LogP contribution in [0.2, 0.25) is 0 Å². The van der Waals surface area contributed by atoms with Crippen LogP contribution in [0.1, 0.15) is 18.4 Å². The Balaban J connectivity index is 1.84. The molecule has 5 heteroatoms. The lowest BCUT2D eigenvalue weighted by molar-refractivity contribution is -0.199. The van der Waals surface area contributed by atoms with Gasteiger partial charge in [-0.25, -0.2) is 4.39 Å². The second-order valence-corrected chi connectivity index (χ2v) is 5.54. The van der Waals surface area contributed by atoms with Crippen LogP contribution in [0.5, 0.6) is 0 Å². The summed E-state index contributed by atoms with van der Waals surface area (Å²) in [7, 11) is 0. The van der Waals surface area contributed by atoms with Crippen molar-refractivity contribution in [3.05, 3.63) is 35.9 Å². The van der Waals surface area contributed by atoms with Gasteiger partial charge in [-0.3, -0.25) is 9.59 Å². The standard InChI is InChI=1S/C14H14FNO3/c15-13-7-14(8-13,12(18)19)11(17)16(9-13)6-10-4-2-1-3-5-10/h1-5H,6-9H2,(H,18,19). The number of aliphatic carboxylic acids is 1. The Morgan fingerprint density at radius 1 is 1.32 bits per heavy atom. The first-order chi connectivity index (χ1) is 8.95. The molecule has 1 aliphatic carbocycles. The highest BCUT2D eigenvalue weighted by Gasteiger charge is 2.69. The lowest BCUT2D eigenvalue weighted by atomic mass is 9.56. The van der Waals surface area contributed by atoms with Crippen molar-refractivity contribution < 1.29 is 19.1 Å². The van der Waals surface area contributed by atoms with Gasteiger partial charge in [0.05, 0.1) is 6.54 Å². The SMILES string of the molecule is O=C(O)C12CC(F)(CN(Cc3ccccc3)C1=O)C2. The van der Waals surface area contributed by atoms with Crippen molar-refractivity contribution in [3.63, 3.8) is 0 Å². The average molecular weight is 263 g/mol. The number of alkyl halides is 1. The summed E-state index contributed by atoms with van der Waals surface area (Å²) in [5.41, 5.74) is -2.18. The molecule has 1 amide bonds.